The summed E-state index contributed by atoms with van der Waals surface area (Å²) in [5, 5.41) is 9.36. The Labute approximate surface area is 144 Å². The number of rotatable bonds is 7. The average Bonchev–Trinajstić information content (AvgIpc) is 2.93. The van der Waals surface area contributed by atoms with Gasteiger partial charge < -0.3 is 15.2 Å². The Balaban J connectivity index is 1.68. The van der Waals surface area contributed by atoms with Gasteiger partial charge in [-0.1, -0.05) is 22.8 Å². The second kappa shape index (κ2) is 8.44. The number of hydrogen-bond acceptors (Lipinski definition) is 5. The summed E-state index contributed by atoms with van der Waals surface area (Å²) in [5.41, 5.74) is 1.52. The molecule has 1 aromatic carbocycles. The topological polar surface area (TPSA) is 97.1 Å². The second-order valence-corrected chi connectivity index (χ2v) is 5.80. The van der Waals surface area contributed by atoms with E-state index in [-0.39, 0.29) is 24.8 Å². The fraction of sp³-hybridized carbons (Fsp3) is 0.375. The van der Waals surface area contributed by atoms with Gasteiger partial charge in [-0.05, 0) is 38.0 Å². The number of amides is 2. The highest BCUT2D eigenvalue weighted by molar-refractivity contribution is 6.33. The van der Waals surface area contributed by atoms with Crippen LogP contribution >= 0.6 is 11.6 Å². The van der Waals surface area contributed by atoms with Crippen LogP contribution in [-0.4, -0.2) is 28.5 Å². The first kappa shape index (κ1) is 17.9. The van der Waals surface area contributed by atoms with Crippen LogP contribution in [0, 0.1) is 13.8 Å². The Morgan fingerprint density at radius 3 is 2.71 bits per heavy atom. The standard InChI is InChI=1S/C16H19ClN4O3/c1-10-6-7-13(12(17)8-10)20-15(23)9-18-14(22)4-3-5-16-19-11(2)21-24-16/h6-8H,3-5,9H2,1-2H3,(H,18,22)(H,20,23). The summed E-state index contributed by atoms with van der Waals surface area (Å²) in [6, 6.07) is 5.33. The first-order valence-corrected chi connectivity index (χ1v) is 7.93. The number of anilines is 1. The molecule has 0 radical (unpaired) electrons. The molecule has 0 aliphatic heterocycles. The number of benzene rings is 1. The van der Waals surface area contributed by atoms with Crippen LogP contribution in [0.3, 0.4) is 0 Å². The third-order valence-corrected chi connectivity index (χ3v) is 3.52. The lowest BCUT2D eigenvalue weighted by atomic mass is 10.2. The van der Waals surface area contributed by atoms with E-state index in [0.29, 0.717) is 35.3 Å². The Morgan fingerprint density at radius 2 is 2.04 bits per heavy atom. The molecule has 1 aromatic heterocycles. The second-order valence-electron chi connectivity index (χ2n) is 5.40. The van der Waals surface area contributed by atoms with E-state index in [4.69, 9.17) is 16.1 Å². The third kappa shape index (κ3) is 5.66. The van der Waals surface area contributed by atoms with Crippen LogP contribution in [0.4, 0.5) is 5.69 Å². The van der Waals surface area contributed by atoms with Crippen LogP contribution in [0.25, 0.3) is 0 Å². The molecule has 1 heterocycles. The van der Waals surface area contributed by atoms with Gasteiger partial charge in [-0.15, -0.1) is 0 Å². The molecular weight excluding hydrogens is 332 g/mol. The molecule has 0 atom stereocenters. The number of carbonyl (C=O) groups excluding carboxylic acids is 2. The fourth-order valence-electron chi connectivity index (χ4n) is 2.02. The van der Waals surface area contributed by atoms with E-state index >= 15 is 0 Å². The van der Waals surface area contributed by atoms with Crippen LogP contribution < -0.4 is 10.6 Å². The van der Waals surface area contributed by atoms with Crippen molar-refractivity contribution in [3.8, 4) is 0 Å². The molecule has 128 valence electrons. The average molecular weight is 351 g/mol. The molecule has 2 amide bonds. The van der Waals surface area contributed by atoms with Gasteiger partial charge in [0.05, 0.1) is 17.3 Å². The zero-order valence-corrected chi connectivity index (χ0v) is 14.3. The number of nitrogens with zero attached hydrogens (tertiary/aromatic N) is 2. The molecule has 0 saturated carbocycles. The summed E-state index contributed by atoms with van der Waals surface area (Å²) in [5.74, 6) is 0.533. The van der Waals surface area contributed by atoms with E-state index in [9.17, 15) is 9.59 Å². The summed E-state index contributed by atoms with van der Waals surface area (Å²) in [6.45, 7) is 3.54. The molecule has 7 nitrogen and oxygen atoms in total. The molecule has 2 rings (SSSR count). The number of aryl methyl sites for hydroxylation is 3. The van der Waals surface area contributed by atoms with Crippen molar-refractivity contribution in [3.05, 3.63) is 40.5 Å². The number of nitrogens with one attached hydrogen (secondary N) is 2. The van der Waals surface area contributed by atoms with Crippen molar-refractivity contribution in [2.75, 3.05) is 11.9 Å². The predicted molar refractivity (Wildman–Crippen MR) is 89.8 cm³/mol. The van der Waals surface area contributed by atoms with Crippen LogP contribution in [0.15, 0.2) is 22.7 Å². The summed E-state index contributed by atoms with van der Waals surface area (Å²) >= 11 is 6.04. The Bertz CT molecular complexity index is 730. The highest BCUT2D eigenvalue weighted by atomic mass is 35.5. The lowest BCUT2D eigenvalue weighted by Gasteiger charge is -2.08. The SMILES string of the molecule is Cc1ccc(NC(=O)CNC(=O)CCCc2nc(C)no2)c(Cl)c1. The molecule has 0 saturated heterocycles. The zero-order chi connectivity index (χ0) is 17.5. The molecule has 0 bridgehead atoms. The molecule has 2 N–H and O–H groups in total. The first-order valence-electron chi connectivity index (χ1n) is 7.56. The van der Waals surface area contributed by atoms with Gasteiger partial charge in [0.25, 0.3) is 0 Å². The van der Waals surface area contributed by atoms with Gasteiger partial charge in [0.1, 0.15) is 0 Å². The molecule has 24 heavy (non-hydrogen) atoms. The van der Waals surface area contributed by atoms with Crippen molar-refractivity contribution in [1.29, 1.82) is 0 Å². The maximum Gasteiger partial charge on any atom is 0.243 e. The molecule has 0 fully saturated rings. The minimum atomic E-state index is -0.332. The zero-order valence-electron chi connectivity index (χ0n) is 13.6. The molecule has 2 aromatic rings. The van der Waals surface area contributed by atoms with Crippen molar-refractivity contribution >= 4 is 29.1 Å². The van der Waals surface area contributed by atoms with Gasteiger partial charge in [0.15, 0.2) is 5.82 Å². The van der Waals surface area contributed by atoms with E-state index in [1.165, 1.54) is 0 Å². The van der Waals surface area contributed by atoms with Gasteiger partial charge in [-0.2, -0.15) is 4.98 Å². The van der Waals surface area contributed by atoms with Crippen LogP contribution in [0.2, 0.25) is 5.02 Å². The van der Waals surface area contributed by atoms with Crippen LogP contribution in [0.1, 0.15) is 30.1 Å². The van der Waals surface area contributed by atoms with E-state index in [1.807, 2.05) is 13.0 Å². The van der Waals surface area contributed by atoms with Crippen molar-refractivity contribution in [3.63, 3.8) is 0 Å². The predicted octanol–water partition coefficient (Wildman–Crippen LogP) is 2.42. The lowest BCUT2D eigenvalue weighted by molar-refractivity contribution is -0.124. The summed E-state index contributed by atoms with van der Waals surface area (Å²) in [6.07, 6.45) is 1.37. The molecule has 0 aliphatic rings. The van der Waals surface area contributed by atoms with Crippen LogP contribution in [-0.2, 0) is 16.0 Å². The minimum Gasteiger partial charge on any atom is -0.347 e. The van der Waals surface area contributed by atoms with E-state index < -0.39 is 0 Å². The largest absolute Gasteiger partial charge is 0.347 e. The molecule has 0 unspecified atom stereocenters. The summed E-state index contributed by atoms with van der Waals surface area (Å²) in [7, 11) is 0. The van der Waals surface area contributed by atoms with Gasteiger partial charge in [-0.3, -0.25) is 9.59 Å². The lowest BCUT2D eigenvalue weighted by Crippen LogP contribution is -2.32. The van der Waals surface area contributed by atoms with Crippen molar-refractivity contribution in [2.45, 2.75) is 33.1 Å². The van der Waals surface area contributed by atoms with E-state index in [0.717, 1.165) is 5.56 Å². The Morgan fingerprint density at radius 1 is 1.25 bits per heavy atom. The highest BCUT2D eigenvalue weighted by Crippen LogP contribution is 2.22. The fourth-order valence-corrected chi connectivity index (χ4v) is 2.31. The van der Waals surface area contributed by atoms with Crippen molar-refractivity contribution in [1.82, 2.24) is 15.5 Å². The monoisotopic (exact) mass is 350 g/mol. The van der Waals surface area contributed by atoms with E-state index in [1.54, 1.807) is 19.1 Å². The normalized spacial score (nSPS) is 10.5. The number of hydrogen-bond donors (Lipinski definition) is 2. The number of halogens is 1. The Kier molecular flexibility index (Phi) is 6.31. The van der Waals surface area contributed by atoms with Crippen molar-refractivity contribution < 1.29 is 14.1 Å². The van der Waals surface area contributed by atoms with Gasteiger partial charge in [0.2, 0.25) is 17.7 Å². The maximum absolute atomic E-state index is 11.8. The molecule has 0 aliphatic carbocycles. The summed E-state index contributed by atoms with van der Waals surface area (Å²) < 4.78 is 4.96. The number of aromatic nitrogens is 2. The highest BCUT2D eigenvalue weighted by Gasteiger charge is 2.09. The quantitative estimate of drug-likeness (QED) is 0.799. The minimum absolute atomic E-state index is 0.108. The van der Waals surface area contributed by atoms with Crippen LogP contribution in [0.5, 0.6) is 0 Å². The molecule has 8 heteroatoms. The van der Waals surface area contributed by atoms with Gasteiger partial charge in [0, 0.05) is 12.8 Å². The van der Waals surface area contributed by atoms with Gasteiger partial charge in [-0.25, -0.2) is 0 Å². The maximum atomic E-state index is 11.8. The third-order valence-electron chi connectivity index (χ3n) is 3.21. The van der Waals surface area contributed by atoms with Crippen molar-refractivity contribution in [2.24, 2.45) is 0 Å². The summed E-state index contributed by atoms with van der Waals surface area (Å²) in [4.78, 5) is 27.6. The van der Waals surface area contributed by atoms with Gasteiger partial charge >= 0.3 is 0 Å². The molecule has 0 spiro atoms. The van der Waals surface area contributed by atoms with E-state index in [2.05, 4.69) is 20.8 Å². The Hall–Kier alpha value is -2.41. The molecular formula is C16H19ClN4O3. The number of carbonyl (C=O) groups is 2. The smallest absolute Gasteiger partial charge is 0.243 e. The first-order chi connectivity index (χ1) is 11.4.